The maximum atomic E-state index is 11.1. The summed E-state index contributed by atoms with van der Waals surface area (Å²) in [6.45, 7) is 8.05. The first kappa shape index (κ1) is 15.5. The van der Waals surface area contributed by atoms with Gasteiger partial charge in [0.1, 0.15) is 0 Å². The molecule has 0 saturated carbocycles. The number of nitro benzene ring substituents is 1. The molecule has 2 rings (SSSR count). The molecule has 0 fully saturated rings. The molecule has 5 heteroatoms. The van der Waals surface area contributed by atoms with E-state index in [0.29, 0.717) is 11.5 Å². The van der Waals surface area contributed by atoms with Crippen LogP contribution in [0.4, 0.5) is 11.4 Å². The van der Waals surface area contributed by atoms with Gasteiger partial charge in [-0.2, -0.15) is 0 Å². The van der Waals surface area contributed by atoms with Crippen LogP contribution < -0.4 is 5.32 Å². The topological polar surface area (TPSA) is 55.2 Å². The predicted octanol–water partition coefficient (Wildman–Crippen LogP) is 5.08. The predicted molar refractivity (Wildman–Crippen MR) is 88.1 cm³/mol. The van der Waals surface area contributed by atoms with Crippen LogP contribution in [-0.2, 0) is 0 Å². The number of nitro groups is 1. The highest BCUT2D eigenvalue weighted by atomic mass is 32.1. The van der Waals surface area contributed by atoms with E-state index in [1.54, 1.807) is 24.3 Å². The van der Waals surface area contributed by atoms with Crippen LogP contribution in [0.15, 0.2) is 29.6 Å². The van der Waals surface area contributed by atoms with Crippen LogP contribution in [0.2, 0.25) is 0 Å². The molecule has 1 N–H and O–H groups in total. The molecule has 112 valence electrons. The third kappa shape index (κ3) is 3.42. The number of rotatable bonds is 5. The van der Waals surface area contributed by atoms with Gasteiger partial charge in [0, 0.05) is 22.2 Å². The minimum Gasteiger partial charge on any atom is -0.377 e. The van der Waals surface area contributed by atoms with Gasteiger partial charge in [-0.1, -0.05) is 19.9 Å². The van der Waals surface area contributed by atoms with Crippen LogP contribution in [-0.4, -0.2) is 4.92 Å². The van der Waals surface area contributed by atoms with Gasteiger partial charge >= 0.3 is 0 Å². The number of nitrogens with one attached hydrogen (secondary N) is 1. The molecule has 0 spiro atoms. The molecule has 0 radical (unpaired) electrons. The second-order valence-electron chi connectivity index (χ2n) is 5.59. The Morgan fingerprint density at radius 2 is 1.95 bits per heavy atom. The summed E-state index contributed by atoms with van der Waals surface area (Å²) in [6, 6.07) is 7.80. The molecule has 0 aliphatic heterocycles. The van der Waals surface area contributed by atoms with E-state index in [-0.39, 0.29) is 16.7 Å². The average molecular weight is 304 g/mol. The second-order valence-corrected chi connectivity index (χ2v) is 6.57. The summed E-state index contributed by atoms with van der Waals surface area (Å²) < 4.78 is 0. The van der Waals surface area contributed by atoms with Crippen molar-refractivity contribution in [2.45, 2.75) is 33.7 Å². The molecule has 21 heavy (non-hydrogen) atoms. The molecule has 0 aliphatic carbocycles. The van der Waals surface area contributed by atoms with Crippen LogP contribution in [0.5, 0.6) is 0 Å². The van der Waals surface area contributed by atoms with Crippen molar-refractivity contribution in [3.05, 3.63) is 55.8 Å². The smallest absolute Gasteiger partial charge is 0.274 e. The van der Waals surface area contributed by atoms with E-state index >= 15 is 0 Å². The Labute approximate surface area is 129 Å². The highest BCUT2D eigenvalue weighted by Crippen LogP contribution is 2.33. The SMILES string of the molecule is Cc1cc(C)c([N+](=O)[O-])cc1NC(c1cccs1)C(C)C. The molecule has 4 nitrogen and oxygen atoms in total. The van der Waals surface area contributed by atoms with E-state index in [2.05, 4.69) is 30.6 Å². The lowest BCUT2D eigenvalue weighted by atomic mass is 10.0. The normalized spacial score (nSPS) is 12.4. The van der Waals surface area contributed by atoms with E-state index in [4.69, 9.17) is 0 Å². The van der Waals surface area contributed by atoms with Crippen molar-refractivity contribution in [1.82, 2.24) is 0 Å². The van der Waals surface area contributed by atoms with Gasteiger partial charge in [-0.3, -0.25) is 10.1 Å². The quantitative estimate of drug-likeness (QED) is 0.619. The Morgan fingerprint density at radius 1 is 1.24 bits per heavy atom. The van der Waals surface area contributed by atoms with Gasteiger partial charge < -0.3 is 5.32 Å². The summed E-state index contributed by atoms with van der Waals surface area (Å²) in [7, 11) is 0. The van der Waals surface area contributed by atoms with Gasteiger partial charge in [0.25, 0.3) is 5.69 Å². The summed E-state index contributed by atoms with van der Waals surface area (Å²) in [5.41, 5.74) is 2.72. The minimum absolute atomic E-state index is 0.158. The summed E-state index contributed by atoms with van der Waals surface area (Å²) in [5, 5.41) is 16.6. The number of aryl methyl sites for hydroxylation is 2. The molecule has 2 aromatic rings. The number of benzene rings is 1. The zero-order chi connectivity index (χ0) is 15.6. The average Bonchev–Trinajstić information content (AvgIpc) is 2.90. The standard InChI is InChI=1S/C16H20N2O2S/c1-10(2)16(15-6-5-7-21-15)17-13-9-14(18(19)20)12(4)8-11(13)3/h5-10,16-17H,1-4H3. The van der Waals surface area contributed by atoms with Gasteiger partial charge in [-0.05, 0) is 42.8 Å². The molecule has 0 amide bonds. The number of hydrogen-bond donors (Lipinski definition) is 1. The first-order chi connectivity index (χ1) is 9.90. The third-order valence-electron chi connectivity index (χ3n) is 3.57. The highest BCUT2D eigenvalue weighted by Gasteiger charge is 2.20. The van der Waals surface area contributed by atoms with Crippen LogP contribution in [0.1, 0.15) is 35.9 Å². The van der Waals surface area contributed by atoms with Crippen molar-refractivity contribution in [2.24, 2.45) is 5.92 Å². The van der Waals surface area contributed by atoms with Gasteiger partial charge in [-0.25, -0.2) is 0 Å². The molecule has 1 atom stereocenters. The van der Waals surface area contributed by atoms with Crippen LogP contribution in [0, 0.1) is 29.9 Å². The summed E-state index contributed by atoms with van der Waals surface area (Å²) in [6.07, 6.45) is 0. The molecule has 0 aliphatic rings. The largest absolute Gasteiger partial charge is 0.377 e. The molecule has 1 unspecified atom stereocenters. The molecular weight excluding hydrogens is 284 g/mol. The Bertz CT molecular complexity index is 636. The lowest BCUT2D eigenvalue weighted by Crippen LogP contribution is -2.16. The number of thiophene rings is 1. The molecule has 1 aromatic carbocycles. The third-order valence-corrected chi connectivity index (χ3v) is 4.52. The Kier molecular flexibility index (Phi) is 4.63. The Morgan fingerprint density at radius 3 is 2.48 bits per heavy atom. The summed E-state index contributed by atoms with van der Waals surface area (Å²) in [4.78, 5) is 12.0. The van der Waals surface area contributed by atoms with Crippen LogP contribution in [0.25, 0.3) is 0 Å². The second kappa shape index (κ2) is 6.26. The van der Waals surface area contributed by atoms with Gasteiger partial charge in [0.15, 0.2) is 0 Å². The minimum atomic E-state index is -0.324. The van der Waals surface area contributed by atoms with E-state index in [1.165, 1.54) is 4.88 Å². The Hall–Kier alpha value is -1.88. The van der Waals surface area contributed by atoms with Crippen molar-refractivity contribution in [3.63, 3.8) is 0 Å². The summed E-state index contributed by atoms with van der Waals surface area (Å²) in [5.74, 6) is 0.392. The molecule has 0 bridgehead atoms. The molecule has 0 saturated heterocycles. The fourth-order valence-electron chi connectivity index (χ4n) is 2.40. The number of hydrogen-bond acceptors (Lipinski definition) is 4. The molecular formula is C16H20N2O2S. The van der Waals surface area contributed by atoms with Crippen molar-refractivity contribution < 1.29 is 4.92 Å². The van der Waals surface area contributed by atoms with E-state index < -0.39 is 0 Å². The fourth-order valence-corrected chi connectivity index (χ4v) is 3.34. The van der Waals surface area contributed by atoms with Gasteiger partial charge in [0.05, 0.1) is 11.0 Å². The maximum absolute atomic E-state index is 11.1. The van der Waals surface area contributed by atoms with Crippen molar-refractivity contribution in [3.8, 4) is 0 Å². The van der Waals surface area contributed by atoms with Gasteiger partial charge in [-0.15, -0.1) is 11.3 Å². The van der Waals surface area contributed by atoms with Crippen molar-refractivity contribution in [2.75, 3.05) is 5.32 Å². The van der Waals surface area contributed by atoms with Gasteiger partial charge in [0.2, 0.25) is 0 Å². The zero-order valence-electron chi connectivity index (χ0n) is 12.7. The number of anilines is 1. The summed E-state index contributed by atoms with van der Waals surface area (Å²) >= 11 is 1.70. The lowest BCUT2D eigenvalue weighted by Gasteiger charge is -2.23. The first-order valence-corrected chi connectivity index (χ1v) is 7.83. The highest BCUT2D eigenvalue weighted by molar-refractivity contribution is 7.10. The number of nitrogens with zero attached hydrogens (tertiary/aromatic N) is 1. The fraction of sp³-hybridized carbons (Fsp3) is 0.375. The van der Waals surface area contributed by atoms with E-state index in [1.807, 2.05) is 19.1 Å². The zero-order valence-corrected chi connectivity index (χ0v) is 13.5. The molecule has 1 heterocycles. The Balaban J connectivity index is 2.37. The van der Waals surface area contributed by atoms with E-state index in [0.717, 1.165) is 11.3 Å². The van der Waals surface area contributed by atoms with Crippen LogP contribution >= 0.6 is 11.3 Å². The molecule has 1 aromatic heterocycles. The first-order valence-electron chi connectivity index (χ1n) is 6.95. The van der Waals surface area contributed by atoms with Crippen molar-refractivity contribution >= 4 is 22.7 Å². The maximum Gasteiger partial charge on any atom is 0.274 e. The van der Waals surface area contributed by atoms with Crippen LogP contribution in [0.3, 0.4) is 0 Å². The lowest BCUT2D eigenvalue weighted by molar-refractivity contribution is -0.385. The monoisotopic (exact) mass is 304 g/mol. The van der Waals surface area contributed by atoms with E-state index in [9.17, 15) is 10.1 Å². The van der Waals surface area contributed by atoms with Crippen molar-refractivity contribution in [1.29, 1.82) is 0 Å².